The van der Waals surface area contributed by atoms with Crippen molar-refractivity contribution in [3.05, 3.63) is 0 Å². The Labute approximate surface area is 162 Å². The van der Waals surface area contributed by atoms with E-state index in [0.29, 0.717) is 0 Å². The summed E-state index contributed by atoms with van der Waals surface area (Å²) in [6, 6.07) is 0. The Morgan fingerprint density at radius 2 is 1.64 bits per heavy atom. The molecule has 2 aliphatic heterocycles. The quantitative estimate of drug-likeness (QED) is 0.344. The SMILES string of the molecule is [2H]C(C)CC1(O)O[C@H](COC(C)=O)[C@H](OC(C)=O)[C@@]2(OC(C)=O)O[C@]12OC(C)=O. The first-order valence-corrected chi connectivity index (χ1v) is 8.51. The van der Waals surface area contributed by atoms with E-state index in [1.165, 1.54) is 6.92 Å². The van der Waals surface area contributed by atoms with Gasteiger partial charge in [-0.25, -0.2) is 0 Å². The maximum Gasteiger partial charge on any atom is 0.342 e. The van der Waals surface area contributed by atoms with Crippen LogP contribution in [0.5, 0.6) is 0 Å². The molecule has 0 aromatic heterocycles. The number of esters is 4. The van der Waals surface area contributed by atoms with Gasteiger partial charge in [0, 0.05) is 35.5 Å². The van der Waals surface area contributed by atoms with Crippen LogP contribution in [0.4, 0.5) is 0 Å². The van der Waals surface area contributed by atoms with Crippen molar-refractivity contribution < 1.29 is 54.1 Å². The summed E-state index contributed by atoms with van der Waals surface area (Å²) in [5, 5.41) is 11.2. The number of hydrogen-bond acceptors (Lipinski definition) is 11. The molecule has 2 unspecified atom stereocenters. The lowest BCUT2D eigenvalue weighted by Crippen LogP contribution is -2.68. The second-order valence-corrected chi connectivity index (χ2v) is 6.46. The van der Waals surface area contributed by atoms with Gasteiger partial charge in [-0.2, -0.15) is 0 Å². The number of carbonyl (C=O) groups excluding carboxylic acids is 4. The topological polar surface area (TPSA) is 147 Å². The van der Waals surface area contributed by atoms with Crippen molar-refractivity contribution in [2.24, 2.45) is 0 Å². The zero-order valence-corrected chi connectivity index (χ0v) is 16.2. The molecule has 0 aliphatic carbocycles. The van der Waals surface area contributed by atoms with E-state index in [9.17, 15) is 24.3 Å². The highest BCUT2D eigenvalue weighted by molar-refractivity contribution is 5.70. The maximum atomic E-state index is 11.8. The Hall–Kier alpha value is -2.24. The van der Waals surface area contributed by atoms with Crippen molar-refractivity contribution >= 4 is 23.9 Å². The molecule has 11 nitrogen and oxygen atoms in total. The molecule has 0 amide bonds. The molecular weight excluding hydrogens is 380 g/mol. The highest BCUT2D eigenvalue weighted by Crippen LogP contribution is 2.64. The average molecular weight is 405 g/mol. The summed E-state index contributed by atoms with van der Waals surface area (Å²) >= 11 is 0. The smallest absolute Gasteiger partial charge is 0.342 e. The Balaban J connectivity index is 2.59. The Kier molecular flexibility index (Phi) is 5.60. The summed E-state index contributed by atoms with van der Waals surface area (Å²) in [4.78, 5) is 46.4. The van der Waals surface area contributed by atoms with E-state index in [2.05, 4.69) is 0 Å². The van der Waals surface area contributed by atoms with E-state index in [4.69, 9.17) is 29.8 Å². The fourth-order valence-electron chi connectivity index (χ4n) is 3.27. The average Bonchev–Trinajstić information content (AvgIpc) is 3.16. The molecule has 11 heteroatoms. The van der Waals surface area contributed by atoms with E-state index in [0.717, 1.165) is 27.7 Å². The normalized spacial score (nSPS) is 37.6. The van der Waals surface area contributed by atoms with E-state index in [-0.39, 0.29) is 0 Å². The molecule has 2 heterocycles. The van der Waals surface area contributed by atoms with Gasteiger partial charge in [0.2, 0.25) is 11.9 Å². The van der Waals surface area contributed by atoms with Crippen molar-refractivity contribution in [3.8, 4) is 0 Å². The monoisotopic (exact) mass is 405 g/mol. The van der Waals surface area contributed by atoms with Crippen LogP contribution >= 0.6 is 0 Å². The predicted octanol–water partition coefficient (Wildman–Crippen LogP) is -0.0823. The molecule has 158 valence electrons. The van der Waals surface area contributed by atoms with Gasteiger partial charge in [-0.05, 0) is 0 Å². The van der Waals surface area contributed by atoms with Crippen LogP contribution in [0.2, 0.25) is 0 Å². The molecule has 2 fully saturated rings. The van der Waals surface area contributed by atoms with Crippen LogP contribution in [0.25, 0.3) is 0 Å². The zero-order chi connectivity index (χ0) is 22.2. The number of fused-ring (bicyclic) bond motifs is 1. The first-order valence-electron chi connectivity index (χ1n) is 9.08. The fraction of sp³-hybridized carbons (Fsp3) is 0.765. The molecule has 28 heavy (non-hydrogen) atoms. The predicted molar refractivity (Wildman–Crippen MR) is 87.0 cm³/mol. The molecule has 0 spiro atoms. The van der Waals surface area contributed by atoms with Gasteiger partial charge in [0.15, 0.2) is 0 Å². The van der Waals surface area contributed by atoms with Gasteiger partial charge in [0.25, 0.3) is 0 Å². The lowest BCUT2D eigenvalue weighted by atomic mass is 9.89. The van der Waals surface area contributed by atoms with Crippen LogP contribution in [0.3, 0.4) is 0 Å². The lowest BCUT2D eigenvalue weighted by Gasteiger charge is -2.44. The second kappa shape index (κ2) is 7.64. The van der Waals surface area contributed by atoms with Crippen LogP contribution in [0.15, 0.2) is 0 Å². The molecule has 0 aromatic rings. The van der Waals surface area contributed by atoms with Gasteiger partial charge >= 0.3 is 35.5 Å². The first kappa shape index (κ1) is 20.5. The summed E-state index contributed by atoms with van der Waals surface area (Å²) in [6.07, 6.45) is -4.29. The molecule has 0 aromatic carbocycles. The molecule has 1 N–H and O–H groups in total. The first-order chi connectivity index (χ1) is 13.3. The summed E-state index contributed by atoms with van der Waals surface area (Å²) in [6.45, 7) is 5.16. The van der Waals surface area contributed by atoms with Crippen molar-refractivity contribution in [2.75, 3.05) is 6.61 Å². The van der Waals surface area contributed by atoms with Crippen molar-refractivity contribution in [1.29, 1.82) is 0 Å². The molecule has 0 saturated carbocycles. The van der Waals surface area contributed by atoms with Gasteiger partial charge in [-0.15, -0.1) is 0 Å². The molecule has 2 rings (SSSR count). The summed E-state index contributed by atoms with van der Waals surface area (Å²) in [5.74, 6) is -10.5. The Morgan fingerprint density at radius 3 is 2.11 bits per heavy atom. The second-order valence-electron chi connectivity index (χ2n) is 6.46. The third kappa shape index (κ3) is 3.69. The van der Waals surface area contributed by atoms with Crippen molar-refractivity contribution in [2.45, 2.75) is 77.0 Å². The van der Waals surface area contributed by atoms with E-state index >= 15 is 0 Å². The van der Waals surface area contributed by atoms with Gasteiger partial charge in [0.05, 0.1) is 0 Å². The van der Waals surface area contributed by atoms with Crippen LogP contribution in [0, 0.1) is 0 Å². The zero-order valence-electron chi connectivity index (χ0n) is 17.2. The number of aliphatic hydroxyl groups is 1. The lowest BCUT2D eigenvalue weighted by molar-refractivity contribution is -0.358. The number of hydrogen-bond donors (Lipinski definition) is 1. The minimum absolute atomic E-state index is 0.438. The third-order valence-corrected chi connectivity index (χ3v) is 4.09. The van der Waals surface area contributed by atoms with Crippen LogP contribution in [-0.2, 0) is 47.6 Å². The minimum Gasteiger partial charge on any atom is -0.463 e. The third-order valence-electron chi connectivity index (χ3n) is 4.09. The molecule has 2 saturated heterocycles. The van der Waals surface area contributed by atoms with Crippen LogP contribution in [-0.4, -0.2) is 65.2 Å². The molecule has 0 radical (unpaired) electrons. The van der Waals surface area contributed by atoms with E-state index < -0.39 is 72.9 Å². The minimum atomic E-state index is -2.48. The van der Waals surface area contributed by atoms with Gasteiger partial charge in [-0.1, -0.05) is 13.3 Å². The standard InChI is InChI=1S/C17H24O11/c1-6-7-15(22)17(26-12(5)21)16(28-17,25-11(4)20)14(24-10(3)19)13(27-15)8-23-9(2)18/h13-14,22H,6-8H2,1-5H3/t13-,14+,15?,16-,17-/m1/s1/i6D/t6?,13-,14+,15?,16-,17-. The highest BCUT2D eigenvalue weighted by atomic mass is 17.0. The molecule has 0 bridgehead atoms. The summed E-state index contributed by atoms with van der Waals surface area (Å²) in [7, 11) is 0. The number of epoxide rings is 1. The van der Waals surface area contributed by atoms with Gasteiger partial charge in [0.1, 0.15) is 12.7 Å². The van der Waals surface area contributed by atoms with E-state index in [1.807, 2.05) is 0 Å². The number of carbonyl (C=O) groups is 4. The maximum absolute atomic E-state index is 11.8. The van der Waals surface area contributed by atoms with Gasteiger partial charge < -0.3 is 28.8 Å². The number of rotatable bonds is 7. The van der Waals surface area contributed by atoms with Gasteiger partial charge in [-0.3, -0.25) is 23.9 Å². The summed E-state index contributed by atoms with van der Waals surface area (Å²) < 4.78 is 39.4. The van der Waals surface area contributed by atoms with Crippen LogP contribution in [0.1, 0.15) is 48.8 Å². The van der Waals surface area contributed by atoms with E-state index in [1.54, 1.807) is 0 Å². The molecule has 2 aliphatic rings. The molecular formula is C17H24O11. The summed E-state index contributed by atoms with van der Waals surface area (Å²) in [5.41, 5.74) is 0. The fourth-order valence-corrected chi connectivity index (χ4v) is 3.27. The number of ether oxygens (including phenoxy) is 6. The van der Waals surface area contributed by atoms with Crippen molar-refractivity contribution in [1.82, 2.24) is 0 Å². The highest BCUT2D eigenvalue weighted by Gasteiger charge is 2.94. The largest absolute Gasteiger partial charge is 0.463 e. The Bertz CT molecular complexity index is 709. The molecule has 6 atom stereocenters. The Morgan fingerprint density at radius 1 is 1.04 bits per heavy atom. The van der Waals surface area contributed by atoms with Crippen LogP contribution < -0.4 is 0 Å². The van der Waals surface area contributed by atoms with Crippen molar-refractivity contribution in [3.63, 3.8) is 0 Å².